The third kappa shape index (κ3) is 4.08. The minimum atomic E-state index is -2.43. The van der Waals surface area contributed by atoms with E-state index in [1.54, 1.807) is 0 Å². The summed E-state index contributed by atoms with van der Waals surface area (Å²) in [5.41, 5.74) is 0.823. The fraction of sp³-hybridized carbons (Fsp3) is 0.0714. The van der Waals surface area contributed by atoms with Crippen LogP contribution in [-0.2, 0) is 27.9 Å². The fourth-order valence-corrected chi connectivity index (χ4v) is 3.02. The zero-order chi connectivity index (χ0) is 16.3. The molecule has 0 aromatic heterocycles. The van der Waals surface area contributed by atoms with Crippen molar-refractivity contribution in [3.63, 3.8) is 0 Å². The van der Waals surface area contributed by atoms with Crippen LogP contribution in [0.3, 0.4) is 0 Å². The van der Waals surface area contributed by atoms with Crippen molar-refractivity contribution < 1.29 is 22.3 Å². The Kier molecular flexibility index (Phi) is 5.60. The van der Waals surface area contributed by atoms with Gasteiger partial charge < -0.3 is 9.11 Å². The summed E-state index contributed by atoms with van der Waals surface area (Å²) in [6, 6.07) is 9.88. The molecule has 0 N–H and O–H groups in total. The first-order chi connectivity index (χ1) is 10.4. The lowest BCUT2D eigenvalue weighted by molar-refractivity contribution is 0.103. The van der Waals surface area contributed by atoms with Crippen molar-refractivity contribution in [3.05, 3.63) is 64.2 Å². The molecule has 0 saturated heterocycles. The molecule has 0 heterocycles. The van der Waals surface area contributed by atoms with Crippen molar-refractivity contribution in [1.82, 2.24) is 0 Å². The van der Waals surface area contributed by atoms with Gasteiger partial charge in [0.25, 0.3) is 0 Å². The highest BCUT2D eigenvalue weighted by Crippen LogP contribution is 2.22. The second-order valence-electron chi connectivity index (χ2n) is 4.35. The molecule has 0 bridgehead atoms. The van der Waals surface area contributed by atoms with Gasteiger partial charge in [-0.2, -0.15) is 0 Å². The van der Waals surface area contributed by atoms with Crippen molar-refractivity contribution in [1.29, 1.82) is 0 Å². The number of carbonyl (C=O) groups excluding carboxylic acids is 1. The molecule has 2 rings (SSSR count). The molecule has 2 unspecified atom stereocenters. The van der Waals surface area contributed by atoms with Crippen LogP contribution in [0, 0.1) is 0 Å². The summed E-state index contributed by atoms with van der Waals surface area (Å²) < 4.78 is 43.2. The van der Waals surface area contributed by atoms with E-state index in [9.17, 15) is 22.3 Å². The molecule has 0 aliphatic rings. The Morgan fingerprint density at radius 3 is 2.41 bits per heavy atom. The predicted octanol–water partition coefficient (Wildman–Crippen LogP) is 2.19. The van der Waals surface area contributed by atoms with E-state index in [1.807, 2.05) is 0 Å². The Morgan fingerprint density at radius 1 is 1.09 bits per heavy atom. The molecule has 2 atom stereocenters. The number of ketones is 1. The minimum Gasteiger partial charge on any atom is -0.772 e. The van der Waals surface area contributed by atoms with Crippen molar-refractivity contribution in [2.45, 2.75) is 10.6 Å². The van der Waals surface area contributed by atoms with Gasteiger partial charge in [-0.15, -0.1) is 0 Å². The fourth-order valence-electron chi connectivity index (χ4n) is 1.87. The van der Waals surface area contributed by atoms with Gasteiger partial charge in [-0.05, 0) is 40.9 Å². The van der Waals surface area contributed by atoms with Gasteiger partial charge in [0.1, 0.15) is 0 Å². The number of hydrogen-bond donors (Lipinski definition) is 0. The largest absolute Gasteiger partial charge is 0.772 e. The predicted molar refractivity (Wildman–Crippen MR) is 81.1 cm³/mol. The first kappa shape index (κ1) is 17.0. The van der Waals surface area contributed by atoms with E-state index >= 15 is 0 Å². The van der Waals surface area contributed by atoms with Crippen molar-refractivity contribution in [3.8, 4) is 0 Å². The smallest absolute Gasteiger partial charge is 0.194 e. The number of halogens is 1. The maximum Gasteiger partial charge on any atom is 0.194 e. The third-order valence-electron chi connectivity index (χ3n) is 2.85. The maximum atomic E-state index is 12.4. The molecule has 0 aliphatic heterocycles. The first-order valence-corrected chi connectivity index (χ1v) is 8.66. The van der Waals surface area contributed by atoms with Crippen molar-refractivity contribution >= 4 is 39.5 Å². The van der Waals surface area contributed by atoms with Crippen LogP contribution in [-0.4, -0.2) is 23.3 Å². The summed E-state index contributed by atoms with van der Waals surface area (Å²) in [4.78, 5) is 12.4. The molecule has 0 spiro atoms. The van der Waals surface area contributed by atoms with Crippen LogP contribution in [0.5, 0.6) is 0 Å². The van der Waals surface area contributed by atoms with Crippen LogP contribution in [0.4, 0.5) is 0 Å². The summed E-state index contributed by atoms with van der Waals surface area (Å²) in [7, 11) is 0. The van der Waals surface area contributed by atoms with Crippen LogP contribution in [0.15, 0.2) is 47.4 Å². The van der Waals surface area contributed by atoms with Gasteiger partial charge in [0.2, 0.25) is 0 Å². The topological polar surface area (TPSA) is 97.3 Å². The van der Waals surface area contributed by atoms with E-state index in [4.69, 9.17) is 11.6 Å². The lowest BCUT2D eigenvalue weighted by Crippen LogP contribution is -2.04. The van der Waals surface area contributed by atoms with Gasteiger partial charge >= 0.3 is 0 Å². The van der Waals surface area contributed by atoms with Gasteiger partial charge in [0, 0.05) is 21.8 Å². The SMILES string of the molecule is O=C(c1cccc(S(=O)[O-])c1)c1ccc(CS(=O)[O-])cc1Cl. The second kappa shape index (κ2) is 7.26. The molecule has 0 amide bonds. The van der Waals surface area contributed by atoms with Gasteiger partial charge in [0.15, 0.2) is 5.78 Å². The monoisotopic (exact) mass is 356 g/mol. The van der Waals surface area contributed by atoms with Crippen LogP contribution in [0.1, 0.15) is 21.5 Å². The Balaban J connectivity index is 2.35. The van der Waals surface area contributed by atoms with Gasteiger partial charge in [-0.25, -0.2) is 0 Å². The zero-order valence-corrected chi connectivity index (χ0v) is 13.4. The number of carbonyl (C=O) groups is 1. The normalized spacial score (nSPS) is 13.6. The van der Waals surface area contributed by atoms with Crippen LogP contribution in [0.2, 0.25) is 5.02 Å². The van der Waals surface area contributed by atoms with Crippen molar-refractivity contribution in [2.24, 2.45) is 0 Å². The molecule has 0 saturated carbocycles. The van der Waals surface area contributed by atoms with Gasteiger partial charge in [0.05, 0.1) is 5.02 Å². The lowest BCUT2D eigenvalue weighted by Gasteiger charge is -2.10. The highest BCUT2D eigenvalue weighted by Gasteiger charge is 2.14. The van der Waals surface area contributed by atoms with E-state index in [2.05, 4.69) is 0 Å². The van der Waals surface area contributed by atoms with E-state index < -0.39 is 27.9 Å². The molecule has 2 aromatic carbocycles. The molecule has 2 aromatic rings. The van der Waals surface area contributed by atoms with Gasteiger partial charge in [-0.1, -0.05) is 40.9 Å². The second-order valence-corrected chi connectivity index (χ2v) is 6.60. The Morgan fingerprint density at radius 2 is 1.82 bits per heavy atom. The first-order valence-electron chi connectivity index (χ1n) is 5.97. The Bertz CT molecular complexity index is 776. The molecule has 0 fully saturated rings. The van der Waals surface area contributed by atoms with Crippen LogP contribution < -0.4 is 0 Å². The molecule has 5 nitrogen and oxygen atoms in total. The highest BCUT2D eigenvalue weighted by molar-refractivity contribution is 7.79. The third-order valence-corrected chi connectivity index (χ3v) is 4.37. The molecule has 0 aliphatic carbocycles. The molecule has 22 heavy (non-hydrogen) atoms. The van der Waals surface area contributed by atoms with E-state index in [-0.39, 0.29) is 26.8 Å². The highest BCUT2D eigenvalue weighted by atomic mass is 35.5. The van der Waals surface area contributed by atoms with E-state index in [0.29, 0.717) is 5.56 Å². The molecular weight excluding hydrogens is 348 g/mol. The number of hydrogen-bond acceptors (Lipinski definition) is 5. The van der Waals surface area contributed by atoms with E-state index in [1.165, 1.54) is 42.5 Å². The quantitative estimate of drug-likeness (QED) is 0.604. The Labute approximate surface area is 136 Å². The summed E-state index contributed by atoms with van der Waals surface area (Å²) in [5.74, 6) is -0.633. The average molecular weight is 357 g/mol. The standard InChI is InChI=1S/C14H11ClO5S2/c15-13-6-9(8-21(17)18)4-5-12(13)14(16)10-2-1-3-11(7-10)22(19)20/h1-7H,8H2,(H,17,18)(H,19,20)/p-2. The summed E-state index contributed by atoms with van der Waals surface area (Å²) in [5, 5.41) is 0.113. The van der Waals surface area contributed by atoms with Gasteiger partial charge in [-0.3, -0.25) is 13.2 Å². The van der Waals surface area contributed by atoms with Crippen molar-refractivity contribution in [2.75, 3.05) is 0 Å². The lowest BCUT2D eigenvalue weighted by atomic mass is 10.0. The summed E-state index contributed by atoms with van der Waals surface area (Å²) >= 11 is 1.34. The molecule has 0 radical (unpaired) electrons. The molecule has 8 heteroatoms. The van der Waals surface area contributed by atoms with E-state index in [0.717, 1.165) is 0 Å². The molecule has 116 valence electrons. The summed E-state index contributed by atoms with van der Waals surface area (Å²) in [6.45, 7) is 0. The van der Waals surface area contributed by atoms with Crippen LogP contribution >= 0.6 is 11.6 Å². The Hall–Kier alpha value is -1.38. The zero-order valence-electron chi connectivity index (χ0n) is 11.0. The molecular formula is C14H9ClO5S2-2. The minimum absolute atomic E-state index is 0.000319. The summed E-state index contributed by atoms with van der Waals surface area (Å²) in [6.07, 6.45) is 0. The maximum absolute atomic E-state index is 12.4. The average Bonchev–Trinajstić information content (AvgIpc) is 2.46. The van der Waals surface area contributed by atoms with Crippen LogP contribution in [0.25, 0.3) is 0 Å². The number of rotatable bonds is 5. The number of benzene rings is 2.